The van der Waals surface area contributed by atoms with Crippen LogP contribution in [0.25, 0.3) is 0 Å². The lowest BCUT2D eigenvalue weighted by Gasteiger charge is -2.08. The van der Waals surface area contributed by atoms with Crippen molar-refractivity contribution in [2.45, 2.75) is 39.3 Å². The molecule has 0 saturated carbocycles. The van der Waals surface area contributed by atoms with Crippen LogP contribution in [-0.2, 0) is 12.8 Å². The maximum atomic E-state index is 12.2. The molecule has 2 aromatic heterocycles. The molecule has 0 aliphatic carbocycles. The number of nitrogens with one attached hydrogen (secondary N) is 2. The van der Waals surface area contributed by atoms with Gasteiger partial charge in [0.25, 0.3) is 0 Å². The fraction of sp³-hybridized carbons (Fsp3) is 0.500. The molecule has 0 radical (unpaired) electrons. The zero-order chi connectivity index (χ0) is 16.2. The lowest BCUT2D eigenvalue weighted by Crippen LogP contribution is -2.12. The number of aryl methyl sites for hydroxylation is 3. The van der Waals surface area contributed by atoms with Gasteiger partial charge in [0, 0.05) is 30.6 Å². The summed E-state index contributed by atoms with van der Waals surface area (Å²) in [5.74, 6) is 0.346. The van der Waals surface area contributed by atoms with Gasteiger partial charge in [-0.3, -0.25) is 5.10 Å². The molecule has 2 rings (SSSR count). The van der Waals surface area contributed by atoms with Gasteiger partial charge in [0.1, 0.15) is 0 Å². The van der Waals surface area contributed by atoms with Crippen molar-refractivity contribution in [2.24, 2.45) is 0 Å². The first-order valence-corrected chi connectivity index (χ1v) is 6.98. The molecule has 0 fully saturated rings. The van der Waals surface area contributed by atoms with Crippen LogP contribution in [0.5, 0.6) is 0 Å². The molecule has 2 heterocycles. The van der Waals surface area contributed by atoms with Crippen molar-refractivity contribution in [1.29, 1.82) is 0 Å². The molecule has 2 aromatic rings. The highest BCUT2D eigenvalue weighted by molar-refractivity contribution is 5.28. The summed E-state index contributed by atoms with van der Waals surface area (Å²) in [5.41, 5.74) is 3.46. The monoisotopic (exact) mass is 313 g/mol. The summed E-state index contributed by atoms with van der Waals surface area (Å²) in [4.78, 5) is 8.11. The van der Waals surface area contributed by atoms with E-state index in [0.717, 1.165) is 23.4 Å². The summed E-state index contributed by atoms with van der Waals surface area (Å²) in [6.45, 7) is 4.46. The Morgan fingerprint density at radius 3 is 2.64 bits per heavy atom. The van der Waals surface area contributed by atoms with Gasteiger partial charge in [0.05, 0.1) is 5.69 Å². The highest BCUT2D eigenvalue weighted by atomic mass is 19.4. The van der Waals surface area contributed by atoms with Crippen LogP contribution in [0.3, 0.4) is 0 Å². The standard InChI is InChI=1S/C14H18F3N5/c1-9-12(10(2)22-21-9)5-8-19-13-18-7-4-11(20-13)3-6-14(15,16)17/h4,7H,3,5-6,8H2,1-2H3,(H,21,22)(H,18,19,20). The number of H-pyrrole nitrogens is 1. The number of halogens is 3. The molecule has 0 aromatic carbocycles. The molecule has 0 aliphatic heterocycles. The Morgan fingerprint density at radius 2 is 2.00 bits per heavy atom. The topological polar surface area (TPSA) is 66.5 Å². The van der Waals surface area contributed by atoms with Crippen LogP contribution in [-0.4, -0.2) is 32.9 Å². The number of nitrogens with zero attached hydrogens (tertiary/aromatic N) is 3. The molecule has 5 nitrogen and oxygen atoms in total. The summed E-state index contributed by atoms with van der Waals surface area (Å²) in [7, 11) is 0. The Labute approximate surface area is 126 Å². The third kappa shape index (κ3) is 4.71. The van der Waals surface area contributed by atoms with Gasteiger partial charge in [0.2, 0.25) is 5.95 Å². The van der Waals surface area contributed by atoms with Crippen molar-refractivity contribution in [3.8, 4) is 0 Å². The molecule has 0 atom stereocenters. The van der Waals surface area contributed by atoms with Crippen LogP contribution in [0.4, 0.5) is 19.1 Å². The third-order valence-electron chi connectivity index (χ3n) is 3.32. The lowest BCUT2D eigenvalue weighted by atomic mass is 10.1. The molecule has 8 heteroatoms. The van der Waals surface area contributed by atoms with Crippen LogP contribution >= 0.6 is 0 Å². The van der Waals surface area contributed by atoms with Gasteiger partial charge in [0.15, 0.2) is 0 Å². The normalized spacial score (nSPS) is 11.7. The maximum absolute atomic E-state index is 12.2. The molecular formula is C14H18F3N5. The molecule has 0 spiro atoms. The van der Waals surface area contributed by atoms with E-state index in [9.17, 15) is 13.2 Å². The van der Waals surface area contributed by atoms with Crippen molar-refractivity contribution in [1.82, 2.24) is 20.2 Å². The van der Waals surface area contributed by atoms with Crippen molar-refractivity contribution >= 4 is 5.95 Å². The highest BCUT2D eigenvalue weighted by Gasteiger charge is 2.26. The predicted molar refractivity (Wildman–Crippen MR) is 76.7 cm³/mol. The Kier molecular flexibility index (Phi) is 4.99. The molecule has 0 amide bonds. The SMILES string of the molecule is Cc1n[nH]c(C)c1CCNc1nccc(CCC(F)(F)F)n1. The van der Waals surface area contributed by atoms with Gasteiger partial charge < -0.3 is 5.32 Å². The zero-order valence-electron chi connectivity index (χ0n) is 12.5. The van der Waals surface area contributed by atoms with Gasteiger partial charge in [-0.05, 0) is 38.3 Å². The second kappa shape index (κ2) is 6.76. The van der Waals surface area contributed by atoms with E-state index >= 15 is 0 Å². The van der Waals surface area contributed by atoms with Crippen LogP contribution in [0.15, 0.2) is 12.3 Å². The Hall–Kier alpha value is -2.12. The summed E-state index contributed by atoms with van der Waals surface area (Å²) >= 11 is 0. The minimum atomic E-state index is -4.17. The molecule has 22 heavy (non-hydrogen) atoms. The smallest absolute Gasteiger partial charge is 0.354 e. The van der Waals surface area contributed by atoms with Crippen molar-refractivity contribution in [2.75, 3.05) is 11.9 Å². The largest absolute Gasteiger partial charge is 0.389 e. The fourth-order valence-electron chi connectivity index (χ4n) is 2.13. The number of rotatable bonds is 6. The number of hydrogen-bond donors (Lipinski definition) is 2. The first-order valence-electron chi connectivity index (χ1n) is 6.98. The van der Waals surface area contributed by atoms with E-state index in [0.29, 0.717) is 18.2 Å². The molecule has 0 aliphatic rings. The first kappa shape index (κ1) is 16.3. The second-order valence-electron chi connectivity index (χ2n) is 5.08. The molecule has 0 bridgehead atoms. The second-order valence-corrected chi connectivity index (χ2v) is 5.08. The van der Waals surface area contributed by atoms with Crippen LogP contribution in [0.2, 0.25) is 0 Å². The summed E-state index contributed by atoms with van der Waals surface area (Å²) < 4.78 is 36.6. The summed E-state index contributed by atoms with van der Waals surface area (Å²) in [6.07, 6.45) is -2.98. The molecule has 2 N–H and O–H groups in total. The molecule has 120 valence electrons. The predicted octanol–water partition coefficient (Wildman–Crippen LogP) is 2.97. The molecule has 0 unspecified atom stereocenters. The number of hydrogen-bond acceptors (Lipinski definition) is 4. The molecular weight excluding hydrogens is 295 g/mol. The van der Waals surface area contributed by atoms with Gasteiger partial charge in [-0.1, -0.05) is 0 Å². The Bertz CT molecular complexity index is 602. The number of aromatic nitrogens is 4. The minimum absolute atomic E-state index is 0.138. The van der Waals surface area contributed by atoms with Crippen molar-refractivity contribution < 1.29 is 13.2 Å². The van der Waals surface area contributed by atoms with Crippen molar-refractivity contribution in [3.05, 3.63) is 34.9 Å². The lowest BCUT2D eigenvalue weighted by molar-refractivity contribution is -0.134. The van der Waals surface area contributed by atoms with E-state index in [-0.39, 0.29) is 6.42 Å². The van der Waals surface area contributed by atoms with E-state index in [1.54, 1.807) is 0 Å². The average molecular weight is 313 g/mol. The molecule has 0 saturated heterocycles. The third-order valence-corrected chi connectivity index (χ3v) is 3.32. The number of aromatic amines is 1. The van der Waals surface area contributed by atoms with Crippen molar-refractivity contribution in [3.63, 3.8) is 0 Å². The van der Waals surface area contributed by atoms with Gasteiger partial charge in [-0.15, -0.1) is 0 Å². The van der Waals surface area contributed by atoms with E-state index in [1.807, 2.05) is 13.8 Å². The van der Waals surface area contributed by atoms with E-state index in [1.165, 1.54) is 12.3 Å². The minimum Gasteiger partial charge on any atom is -0.354 e. The summed E-state index contributed by atoms with van der Waals surface area (Å²) in [5, 5.41) is 10.1. The van der Waals surface area contributed by atoms with E-state index in [4.69, 9.17) is 0 Å². The quantitative estimate of drug-likeness (QED) is 0.860. The van der Waals surface area contributed by atoms with E-state index < -0.39 is 12.6 Å². The van der Waals surface area contributed by atoms with E-state index in [2.05, 4.69) is 25.5 Å². The number of alkyl halides is 3. The average Bonchev–Trinajstić information content (AvgIpc) is 2.77. The van der Waals surface area contributed by atoms with Gasteiger partial charge in [-0.2, -0.15) is 18.3 Å². The number of anilines is 1. The zero-order valence-corrected chi connectivity index (χ0v) is 12.5. The highest BCUT2D eigenvalue weighted by Crippen LogP contribution is 2.21. The van der Waals surface area contributed by atoms with Gasteiger partial charge >= 0.3 is 6.18 Å². The fourth-order valence-corrected chi connectivity index (χ4v) is 2.13. The Balaban J connectivity index is 1.88. The summed E-state index contributed by atoms with van der Waals surface area (Å²) in [6, 6.07) is 1.50. The van der Waals surface area contributed by atoms with Gasteiger partial charge in [-0.25, -0.2) is 9.97 Å². The van der Waals surface area contributed by atoms with Crippen LogP contribution < -0.4 is 5.32 Å². The van der Waals surface area contributed by atoms with Crippen LogP contribution in [0, 0.1) is 13.8 Å². The Morgan fingerprint density at radius 1 is 1.23 bits per heavy atom. The van der Waals surface area contributed by atoms with Crippen LogP contribution in [0.1, 0.15) is 29.1 Å². The first-order chi connectivity index (χ1) is 10.3. The maximum Gasteiger partial charge on any atom is 0.389 e.